The first kappa shape index (κ1) is 11.9. The zero-order valence-electron chi connectivity index (χ0n) is 8.60. The van der Waals surface area contributed by atoms with Gasteiger partial charge in [0.1, 0.15) is 5.78 Å². The summed E-state index contributed by atoms with van der Waals surface area (Å²) in [6, 6.07) is 0. The van der Waals surface area contributed by atoms with Crippen LogP contribution in [0.25, 0.3) is 0 Å². The Morgan fingerprint density at radius 3 is 2.21 bits per heavy atom. The molecular formula is C9H17O4P. The zero-order valence-corrected chi connectivity index (χ0v) is 9.50. The smallest absolute Gasteiger partial charge is 0.324 e. The third-order valence-corrected chi connectivity index (χ3v) is 3.28. The normalized spacial score (nSPS) is 32.2. The van der Waals surface area contributed by atoms with Crippen molar-refractivity contribution >= 4 is 13.4 Å². The molecule has 0 bridgehead atoms. The Kier molecular flexibility index (Phi) is 3.87. The maximum Gasteiger partial charge on any atom is 0.325 e. The maximum absolute atomic E-state index is 11.0. The first-order valence-electron chi connectivity index (χ1n) is 4.87. The van der Waals surface area contributed by atoms with Crippen LogP contribution in [0.5, 0.6) is 0 Å². The van der Waals surface area contributed by atoms with Crippen molar-refractivity contribution in [2.45, 2.75) is 38.7 Å². The Balaban J connectivity index is 2.36. The summed E-state index contributed by atoms with van der Waals surface area (Å²) in [6.07, 6.45) is 2.83. The maximum atomic E-state index is 11.0. The molecule has 0 aromatic carbocycles. The van der Waals surface area contributed by atoms with Crippen LogP contribution < -0.4 is 0 Å². The van der Waals surface area contributed by atoms with Gasteiger partial charge in [-0.15, -0.1) is 0 Å². The molecule has 0 spiro atoms. The number of carbonyl (C=O) groups is 1. The van der Waals surface area contributed by atoms with E-state index in [1.165, 1.54) is 6.66 Å². The lowest BCUT2D eigenvalue weighted by Gasteiger charge is -2.27. The van der Waals surface area contributed by atoms with Gasteiger partial charge in [0.15, 0.2) is 0 Å². The van der Waals surface area contributed by atoms with Crippen molar-refractivity contribution in [1.82, 2.24) is 0 Å². The molecule has 1 atom stereocenters. The van der Waals surface area contributed by atoms with Gasteiger partial charge >= 0.3 is 7.60 Å². The second kappa shape index (κ2) is 4.56. The molecule has 0 radical (unpaired) electrons. The fourth-order valence-corrected chi connectivity index (χ4v) is 2.62. The Labute approximate surface area is 84.2 Å². The standard InChI is InChI=1S/C9H17O4P/c1-7(10)8-3-5-9(6-4-8)13-14(2,11)12/h8-9H,3-6H2,1-2H3,(H,11,12). The van der Waals surface area contributed by atoms with Gasteiger partial charge in [0.25, 0.3) is 0 Å². The van der Waals surface area contributed by atoms with Crippen molar-refractivity contribution in [3.8, 4) is 0 Å². The van der Waals surface area contributed by atoms with Gasteiger partial charge in [0, 0.05) is 12.6 Å². The van der Waals surface area contributed by atoms with E-state index in [9.17, 15) is 9.36 Å². The average molecular weight is 220 g/mol. The molecule has 0 heterocycles. The lowest BCUT2D eigenvalue weighted by Crippen LogP contribution is -2.24. The average Bonchev–Trinajstić information content (AvgIpc) is 2.02. The number of ketones is 1. The highest BCUT2D eigenvalue weighted by molar-refractivity contribution is 7.51. The van der Waals surface area contributed by atoms with Crippen molar-refractivity contribution in [2.24, 2.45) is 5.92 Å². The molecule has 1 unspecified atom stereocenters. The number of hydrogen-bond acceptors (Lipinski definition) is 3. The van der Waals surface area contributed by atoms with Gasteiger partial charge in [-0.2, -0.15) is 0 Å². The minimum atomic E-state index is -3.36. The molecule has 1 aliphatic carbocycles. The topological polar surface area (TPSA) is 63.6 Å². The van der Waals surface area contributed by atoms with E-state index in [4.69, 9.17) is 9.42 Å². The van der Waals surface area contributed by atoms with E-state index in [-0.39, 0.29) is 17.8 Å². The molecule has 1 rings (SSSR count). The van der Waals surface area contributed by atoms with Gasteiger partial charge in [-0.05, 0) is 32.6 Å². The van der Waals surface area contributed by atoms with Crippen molar-refractivity contribution in [1.29, 1.82) is 0 Å². The fourth-order valence-electron chi connectivity index (χ4n) is 1.85. The van der Waals surface area contributed by atoms with Gasteiger partial charge in [0.2, 0.25) is 0 Å². The summed E-state index contributed by atoms with van der Waals surface area (Å²) in [5, 5.41) is 0. The van der Waals surface area contributed by atoms with Crippen LogP contribution in [-0.2, 0) is 13.9 Å². The molecule has 0 aliphatic heterocycles. The van der Waals surface area contributed by atoms with E-state index >= 15 is 0 Å². The predicted molar refractivity (Wildman–Crippen MR) is 53.3 cm³/mol. The number of hydrogen-bond donors (Lipinski definition) is 1. The zero-order chi connectivity index (χ0) is 10.8. The van der Waals surface area contributed by atoms with Crippen LogP contribution >= 0.6 is 7.60 Å². The number of Topliss-reactive ketones (excluding diaryl/α,β-unsaturated/α-hetero) is 1. The molecule has 5 heteroatoms. The third kappa shape index (κ3) is 3.91. The van der Waals surface area contributed by atoms with Crippen LogP contribution in [0.2, 0.25) is 0 Å². The van der Waals surface area contributed by atoms with Crippen molar-refractivity contribution in [2.75, 3.05) is 6.66 Å². The second-order valence-corrected chi connectivity index (χ2v) is 5.81. The molecule has 82 valence electrons. The lowest BCUT2D eigenvalue weighted by molar-refractivity contribution is -0.122. The summed E-state index contributed by atoms with van der Waals surface area (Å²) in [5.74, 6) is 0.344. The molecule has 1 saturated carbocycles. The van der Waals surface area contributed by atoms with Gasteiger partial charge < -0.3 is 9.42 Å². The SMILES string of the molecule is CC(=O)C1CCC(OP(C)(=O)O)CC1. The summed E-state index contributed by atoms with van der Waals surface area (Å²) in [7, 11) is -3.36. The molecular weight excluding hydrogens is 203 g/mol. The summed E-state index contributed by atoms with van der Waals surface area (Å²) < 4.78 is 16.0. The van der Waals surface area contributed by atoms with Crippen molar-refractivity contribution in [3.63, 3.8) is 0 Å². The van der Waals surface area contributed by atoms with Crippen LogP contribution in [0.15, 0.2) is 0 Å². The quantitative estimate of drug-likeness (QED) is 0.738. The minimum Gasteiger partial charge on any atom is -0.324 e. The third-order valence-electron chi connectivity index (χ3n) is 2.59. The van der Waals surface area contributed by atoms with Crippen LogP contribution in [-0.4, -0.2) is 23.4 Å². The van der Waals surface area contributed by atoms with Gasteiger partial charge in [-0.25, -0.2) is 0 Å². The fraction of sp³-hybridized carbons (Fsp3) is 0.889. The first-order valence-corrected chi connectivity index (χ1v) is 6.90. The minimum absolute atomic E-state index is 0.129. The Morgan fingerprint density at radius 2 is 1.86 bits per heavy atom. The van der Waals surface area contributed by atoms with Crippen LogP contribution in [0, 0.1) is 5.92 Å². The lowest BCUT2D eigenvalue weighted by atomic mass is 9.85. The van der Waals surface area contributed by atoms with E-state index in [1.54, 1.807) is 6.92 Å². The van der Waals surface area contributed by atoms with E-state index in [0.29, 0.717) is 12.8 Å². The van der Waals surface area contributed by atoms with E-state index < -0.39 is 7.60 Å². The Bertz CT molecular complexity index is 250. The molecule has 0 aromatic heterocycles. The summed E-state index contributed by atoms with van der Waals surface area (Å²) in [6.45, 7) is 2.80. The van der Waals surface area contributed by atoms with Gasteiger partial charge in [0.05, 0.1) is 6.10 Å². The van der Waals surface area contributed by atoms with Crippen molar-refractivity contribution < 1.29 is 18.8 Å². The van der Waals surface area contributed by atoms with Gasteiger partial charge in [-0.1, -0.05) is 0 Å². The highest BCUT2D eigenvalue weighted by Gasteiger charge is 2.27. The largest absolute Gasteiger partial charge is 0.325 e. The predicted octanol–water partition coefficient (Wildman–Crippen LogP) is 1.97. The molecule has 1 fully saturated rings. The molecule has 4 nitrogen and oxygen atoms in total. The number of carbonyl (C=O) groups excluding carboxylic acids is 1. The Hall–Kier alpha value is -0.180. The van der Waals surface area contributed by atoms with Gasteiger partial charge in [-0.3, -0.25) is 9.36 Å². The molecule has 14 heavy (non-hydrogen) atoms. The summed E-state index contributed by atoms with van der Waals surface area (Å²) in [5.41, 5.74) is 0. The van der Waals surface area contributed by atoms with Crippen LogP contribution in [0.1, 0.15) is 32.6 Å². The second-order valence-electron chi connectivity index (χ2n) is 3.99. The van der Waals surface area contributed by atoms with E-state index in [2.05, 4.69) is 0 Å². The highest BCUT2D eigenvalue weighted by Crippen LogP contribution is 2.42. The van der Waals surface area contributed by atoms with E-state index in [1.807, 2.05) is 0 Å². The Morgan fingerprint density at radius 1 is 1.36 bits per heavy atom. The summed E-state index contributed by atoms with van der Waals surface area (Å²) in [4.78, 5) is 20.1. The molecule has 0 aromatic rings. The highest BCUT2D eigenvalue weighted by atomic mass is 31.2. The van der Waals surface area contributed by atoms with Crippen LogP contribution in [0.3, 0.4) is 0 Å². The summed E-state index contributed by atoms with van der Waals surface area (Å²) >= 11 is 0. The van der Waals surface area contributed by atoms with Crippen LogP contribution in [0.4, 0.5) is 0 Å². The number of rotatable bonds is 3. The molecule has 1 N–H and O–H groups in total. The van der Waals surface area contributed by atoms with Crippen molar-refractivity contribution in [3.05, 3.63) is 0 Å². The molecule has 0 saturated heterocycles. The monoisotopic (exact) mass is 220 g/mol. The molecule has 1 aliphatic rings. The first-order chi connectivity index (χ1) is 6.38. The molecule has 0 amide bonds. The van der Waals surface area contributed by atoms with E-state index in [0.717, 1.165) is 12.8 Å².